The molecule has 0 radical (unpaired) electrons. The Labute approximate surface area is 122 Å². The number of Topliss-reactive ketones (excluding diaryl/α,β-unsaturated/α-hetero) is 1. The molecule has 0 fully saturated rings. The average Bonchev–Trinajstić information content (AvgIpc) is 2.51. The van der Waals surface area contributed by atoms with Gasteiger partial charge in [0.05, 0.1) is 18.7 Å². The molecule has 106 valence electrons. The maximum Gasteiger partial charge on any atom is 0.187 e. The van der Waals surface area contributed by atoms with Gasteiger partial charge in [0.2, 0.25) is 0 Å². The first-order chi connectivity index (χ1) is 10.1. The molecule has 0 spiro atoms. The molecule has 0 aliphatic heterocycles. The van der Waals surface area contributed by atoms with Crippen LogP contribution in [0.5, 0.6) is 5.75 Å². The Hall–Kier alpha value is -2.67. The Morgan fingerprint density at radius 2 is 2.00 bits per heavy atom. The highest BCUT2D eigenvalue weighted by molar-refractivity contribution is 6.03. The molecule has 2 rings (SSSR count). The summed E-state index contributed by atoms with van der Waals surface area (Å²) in [6, 6.07) is 13.2. The molecule has 0 N–H and O–H groups in total. The lowest BCUT2D eigenvalue weighted by Crippen LogP contribution is -2.13. The van der Waals surface area contributed by atoms with Crippen molar-refractivity contribution in [1.29, 1.82) is 5.26 Å². The number of rotatable bonds is 4. The van der Waals surface area contributed by atoms with Gasteiger partial charge in [0.25, 0.3) is 0 Å². The third-order valence-electron chi connectivity index (χ3n) is 3.28. The van der Waals surface area contributed by atoms with E-state index in [1.54, 1.807) is 43.3 Å². The van der Waals surface area contributed by atoms with Crippen LogP contribution in [-0.4, -0.2) is 12.9 Å². The topological polar surface area (TPSA) is 50.1 Å². The minimum Gasteiger partial charge on any atom is -0.497 e. The van der Waals surface area contributed by atoms with E-state index in [1.165, 1.54) is 13.2 Å². The van der Waals surface area contributed by atoms with E-state index in [-0.39, 0.29) is 5.56 Å². The summed E-state index contributed by atoms with van der Waals surface area (Å²) < 4.78 is 19.1. The summed E-state index contributed by atoms with van der Waals surface area (Å²) in [5, 5.41) is 9.30. The Balaban J connectivity index is 2.44. The smallest absolute Gasteiger partial charge is 0.187 e. The van der Waals surface area contributed by atoms with Crippen molar-refractivity contribution < 1.29 is 13.9 Å². The van der Waals surface area contributed by atoms with Crippen molar-refractivity contribution in [2.24, 2.45) is 0 Å². The molecule has 0 amide bonds. The number of ether oxygens (including phenoxy) is 1. The number of halogens is 1. The van der Waals surface area contributed by atoms with E-state index in [0.29, 0.717) is 16.9 Å². The third kappa shape index (κ3) is 2.92. The molecule has 3 nitrogen and oxygen atoms in total. The highest BCUT2D eigenvalue weighted by atomic mass is 19.1. The lowest BCUT2D eigenvalue weighted by Gasteiger charge is -2.11. The van der Waals surface area contributed by atoms with Crippen LogP contribution in [0.1, 0.15) is 27.4 Å². The van der Waals surface area contributed by atoms with Gasteiger partial charge in [0.15, 0.2) is 5.78 Å². The minimum atomic E-state index is -1.06. The van der Waals surface area contributed by atoms with Gasteiger partial charge in [0, 0.05) is 0 Å². The predicted molar refractivity (Wildman–Crippen MR) is 76.8 cm³/mol. The summed E-state index contributed by atoms with van der Waals surface area (Å²) in [7, 11) is 1.50. The molecule has 0 saturated carbocycles. The van der Waals surface area contributed by atoms with Gasteiger partial charge in [0.1, 0.15) is 17.5 Å². The summed E-state index contributed by atoms with van der Waals surface area (Å²) in [5.74, 6) is -1.64. The largest absolute Gasteiger partial charge is 0.497 e. The quantitative estimate of drug-likeness (QED) is 0.805. The van der Waals surface area contributed by atoms with E-state index in [9.17, 15) is 14.4 Å². The number of hydrogen-bond donors (Lipinski definition) is 0. The maximum atomic E-state index is 14.1. The van der Waals surface area contributed by atoms with E-state index in [2.05, 4.69) is 0 Å². The van der Waals surface area contributed by atoms with Gasteiger partial charge in [-0.1, -0.05) is 24.3 Å². The van der Waals surface area contributed by atoms with Crippen molar-refractivity contribution in [3.05, 3.63) is 65.0 Å². The number of aryl methyl sites for hydroxylation is 1. The molecule has 0 aliphatic carbocycles. The van der Waals surface area contributed by atoms with E-state index in [4.69, 9.17) is 4.74 Å². The van der Waals surface area contributed by atoms with Crippen molar-refractivity contribution in [3.8, 4) is 11.8 Å². The maximum absolute atomic E-state index is 14.1. The van der Waals surface area contributed by atoms with Crippen molar-refractivity contribution in [1.82, 2.24) is 0 Å². The van der Waals surface area contributed by atoms with Crippen LogP contribution in [0, 0.1) is 24.1 Å². The van der Waals surface area contributed by atoms with Gasteiger partial charge in [-0.15, -0.1) is 0 Å². The van der Waals surface area contributed by atoms with Crippen LogP contribution in [-0.2, 0) is 0 Å². The summed E-state index contributed by atoms with van der Waals surface area (Å²) in [6.07, 6.45) is 0. The fourth-order valence-electron chi connectivity index (χ4n) is 2.10. The second-order valence-corrected chi connectivity index (χ2v) is 4.64. The first-order valence-corrected chi connectivity index (χ1v) is 6.41. The molecular formula is C17H14FNO2. The molecule has 0 aliphatic rings. The zero-order chi connectivity index (χ0) is 15.4. The van der Waals surface area contributed by atoms with Gasteiger partial charge < -0.3 is 4.74 Å². The highest BCUT2D eigenvalue weighted by Gasteiger charge is 2.25. The average molecular weight is 283 g/mol. The van der Waals surface area contributed by atoms with Crippen molar-refractivity contribution in [2.45, 2.75) is 12.8 Å². The Morgan fingerprint density at radius 1 is 1.29 bits per heavy atom. The number of carbonyl (C=O) groups excluding carboxylic acids is 1. The molecule has 2 aromatic rings. The number of carbonyl (C=O) groups is 1. The molecule has 4 heteroatoms. The number of nitriles is 1. The van der Waals surface area contributed by atoms with E-state index in [1.807, 2.05) is 6.07 Å². The predicted octanol–water partition coefficient (Wildman–Crippen LogP) is 3.63. The first kappa shape index (κ1) is 14.7. The molecule has 1 unspecified atom stereocenters. The SMILES string of the molecule is COc1cccc(C(C#N)C(=O)c2cccc(C)c2F)c1. The van der Waals surface area contributed by atoms with Crippen molar-refractivity contribution in [3.63, 3.8) is 0 Å². The summed E-state index contributed by atoms with van der Waals surface area (Å²) in [6.45, 7) is 1.58. The van der Waals surface area contributed by atoms with Gasteiger partial charge >= 0.3 is 0 Å². The van der Waals surface area contributed by atoms with Crippen molar-refractivity contribution in [2.75, 3.05) is 7.11 Å². The second kappa shape index (κ2) is 6.19. The van der Waals surface area contributed by atoms with Crippen LogP contribution in [0.25, 0.3) is 0 Å². The highest BCUT2D eigenvalue weighted by Crippen LogP contribution is 2.25. The van der Waals surface area contributed by atoms with Gasteiger partial charge in [-0.25, -0.2) is 4.39 Å². The molecule has 1 atom stereocenters. The van der Waals surface area contributed by atoms with Gasteiger partial charge in [-0.2, -0.15) is 5.26 Å². The second-order valence-electron chi connectivity index (χ2n) is 4.64. The number of ketones is 1. The van der Waals surface area contributed by atoms with E-state index >= 15 is 0 Å². The molecule has 0 aromatic heterocycles. The lowest BCUT2D eigenvalue weighted by atomic mass is 9.91. The Morgan fingerprint density at radius 3 is 2.67 bits per heavy atom. The standard InChI is InChI=1S/C17H14FNO2/c1-11-5-3-8-14(16(11)18)17(20)15(10-19)12-6-4-7-13(9-12)21-2/h3-9,15H,1-2H3. The summed E-state index contributed by atoms with van der Waals surface area (Å²) >= 11 is 0. The molecule has 0 bridgehead atoms. The fraction of sp³-hybridized carbons (Fsp3) is 0.176. The van der Waals surface area contributed by atoms with E-state index < -0.39 is 17.5 Å². The molecule has 2 aromatic carbocycles. The Bertz CT molecular complexity index is 719. The summed E-state index contributed by atoms with van der Waals surface area (Å²) in [4.78, 5) is 12.4. The number of methoxy groups -OCH3 is 1. The molecule has 0 saturated heterocycles. The van der Waals surface area contributed by atoms with E-state index in [0.717, 1.165) is 0 Å². The minimum absolute atomic E-state index is 0.0654. The van der Waals surface area contributed by atoms with Crippen LogP contribution in [0.2, 0.25) is 0 Å². The molecule has 0 heterocycles. The number of hydrogen-bond acceptors (Lipinski definition) is 3. The van der Waals surface area contributed by atoms with Crippen molar-refractivity contribution >= 4 is 5.78 Å². The molecular weight excluding hydrogens is 269 g/mol. The molecule has 21 heavy (non-hydrogen) atoms. The lowest BCUT2D eigenvalue weighted by molar-refractivity contribution is 0.0974. The third-order valence-corrected chi connectivity index (χ3v) is 3.28. The monoisotopic (exact) mass is 283 g/mol. The van der Waals surface area contributed by atoms with Crippen LogP contribution in [0.15, 0.2) is 42.5 Å². The van der Waals surface area contributed by atoms with Crippen LogP contribution in [0.4, 0.5) is 4.39 Å². The zero-order valence-electron chi connectivity index (χ0n) is 11.8. The van der Waals surface area contributed by atoms with Gasteiger partial charge in [-0.3, -0.25) is 4.79 Å². The number of nitrogens with zero attached hydrogens (tertiary/aromatic N) is 1. The normalized spacial score (nSPS) is 11.5. The van der Waals surface area contributed by atoms with Crippen LogP contribution >= 0.6 is 0 Å². The zero-order valence-corrected chi connectivity index (χ0v) is 11.8. The fourth-order valence-corrected chi connectivity index (χ4v) is 2.10. The van der Waals surface area contributed by atoms with Crippen LogP contribution < -0.4 is 4.74 Å². The van der Waals surface area contributed by atoms with Crippen LogP contribution in [0.3, 0.4) is 0 Å². The van der Waals surface area contributed by atoms with Gasteiger partial charge in [-0.05, 0) is 36.2 Å². The Kier molecular flexibility index (Phi) is 4.34. The first-order valence-electron chi connectivity index (χ1n) is 6.41. The summed E-state index contributed by atoms with van der Waals surface area (Å²) in [5.41, 5.74) is 0.801. The number of benzene rings is 2.